The first kappa shape index (κ1) is 19.5. The number of nitrogens with zero attached hydrogens (tertiary/aromatic N) is 2. The van der Waals surface area contributed by atoms with Crippen LogP contribution in [0.1, 0.15) is 12.5 Å². The van der Waals surface area contributed by atoms with Gasteiger partial charge in [-0.15, -0.1) is 0 Å². The maximum atomic E-state index is 12.6. The summed E-state index contributed by atoms with van der Waals surface area (Å²) in [4.78, 5) is 12.4. The number of rotatable bonds is 6. The van der Waals surface area contributed by atoms with Crippen molar-refractivity contribution >= 4 is 21.6 Å². The molecule has 1 fully saturated rings. The summed E-state index contributed by atoms with van der Waals surface area (Å²) in [6, 6.07) is 10.2. The van der Waals surface area contributed by atoms with Crippen LogP contribution in [0.25, 0.3) is 0 Å². The minimum absolute atomic E-state index is 0.173. The van der Waals surface area contributed by atoms with Crippen molar-refractivity contribution in [1.29, 1.82) is 0 Å². The highest BCUT2D eigenvalue weighted by atomic mass is 32.2. The van der Waals surface area contributed by atoms with Gasteiger partial charge in [0.2, 0.25) is 16.6 Å². The van der Waals surface area contributed by atoms with E-state index in [9.17, 15) is 13.2 Å². The number of morpholine rings is 1. The average molecular weight is 390 g/mol. The monoisotopic (exact) mass is 390 g/mol. The van der Waals surface area contributed by atoms with Crippen molar-refractivity contribution in [2.45, 2.75) is 24.8 Å². The van der Waals surface area contributed by atoms with Crippen LogP contribution in [0.2, 0.25) is 0 Å². The van der Waals surface area contributed by atoms with Crippen molar-refractivity contribution < 1.29 is 22.5 Å². The highest BCUT2D eigenvalue weighted by Crippen LogP contribution is 2.19. The molecule has 1 aliphatic rings. The number of carbonyl (C=O) groups excluding carboxylic acids is 1. The van der Waals surface area contributed by atoms with E-state index in [0.29, 0.717) is 32.0 Å². The number of amides is 1. The Bertz CT molecular complexity index is 874. The number of carbonyl (C=O) groups is 1. The van der Waals surface area contributed by atoms with Crippen molar-refractivity contribution in [2.24, 2.45) is 0 Å². The lowest BCUT2D eigenvalue weighted by Gasteiger charge is -2.26. The molecule has 1 N–H and O–H groups in total. The molecule has 0 unspecified atom stereocenters. The number of benzene rings is 1. The van der Waals surface area contributed by atoms with Gasteiger partial charge in [0.1, 0.15) is 0 Å². The van der Waals surface area contributed by atoms with E-state index in [1.165, 1.54) is 22.0 Å². The number of ether oxygens (including phenoxy) is 1. The van der Waals surface area contributed by atoms with Gasteiger partial charge in [-0.25, -0.2) is 8.42 Å². The van der Waals surface area contributed by atoms with E-state index >= 15 is 0 Å². The molecule has 0 atom stereocenters. The lowest BCUT2D eigenvalue weighted by Crippen LogP contribution is -2.40. The highest BCUT2D eigenvalue weighted by Gasteiger charge is 2.26. The van der Waals surface area contributed by atoms with Crippen molar-refractivity contribution in [3.8, 4) is 0 Å². The summed E-state index contributed by atoms with van der Waals surface area (Å²) in [6.07, 6.45) is 4.69. The van der Waals surface area contributed by atoms with E-state index in [4.69, 9.17) is 4.74 Å². The summed E-state index contributed by atoms with van der Waals surface area (Å²) in [5.74, 6) is -0.173. The number of hydrogen-bond acceptors (Lipinski definition) is 4. The van der Waals surface area contributed by atoms with Gasteiger partial charge in [-0.2, -0.15) is 8.87 Å². The Labute approximate surface area is 159 Å². The minimum Gasteiger partial charge on any atom is -0.379 e. The third kappa shape index (κ3) is 4.91. The van der Waals surface area contributed by atoms with Gasteiger partial charge >= 0.3 is 0 Å². The summed E-state index contributed by atoms with van der Waals surface area (Å²) < 4.78 is 33.6. The summed E-state index contributed by atoms with van der Waals surface area (Å²) in [7, 11) is -3.53. The summed E-state index contributed by atoms with van der Waals surface area (Å²) in [6.45, 7) is 3.80. The largest absolute Gasteiger partial charge is 0.379 e. The van der Waals surface area contributed by atoms with Crippen molar-refractivity contribution in [1.82, 2.24) is 4.31 Å². The van der Waals surface area contributed by atoms with Crippen LogP contribution in [-0.4, -0.2) is 44.9 Å². The predicted octanol–water partition coefficient (Wildman–Crippen LogP) is 1.20. The Balaban J connectivity index is 1.61. The zero-order valence-corrected chi connectivity index (χ0v) is 16.1. The zero-order chi connectivity index (χ0) is 19.3. The predicted molar refractivity (Wildman–Crippen MR) is 101 cm³/mol. The Morgan fingerprint density at radius 3 is 2.33 bits per heavy atom. The molecular formula is C19H24N3O4S+. The van der Waals surface area contributed by atoms with Gasteiger partial charge in [-0.05, 0) is 36.2 Å². The van der Waals surface area contributed by atoms with E-state index in [1.807, 2.05) is 24.5 Å². The van der Waals surface area contributed by atoms with Crippen LogP contribution in [0.5, 0.6) is 0 Å². The first-order valence-electron chi connectivity index (χ1n) is 8.95. The molecule has 2 heterocycles. The molecule has 0 aliphatic carbocycles. The zero-order valence-electron chi connectivity index (χ0n) is 15.3. The number of aromatic nitrogens is 1. The SMILES string of the molecule is CCc1cc[n+](CC(=O)Nc2ccc(S(=O)(=O)N3CCOCC3)cc2)cc1. The van der Waals surface area contributed by atoms with Gasteiger partial charge in [-0.1, -0.05) is 6.92 Å². The number of sulfonamides is 1. The first-order valence-corrected chi connectivity index (χ1v) is 10.4. The van der Waals surface area contributed by atoms with Crippen molar-refractivity contribution in [3.05, 3.63) is 54.4 Å². The molecule has 1 aromatic heterocycles. The maximum Gasteiger partial charge on any atom is 0.290 e. The average Bonchev–Trinajstić information content (AvgIpc) is 2.69. The minimum atomic E-state index is -3.53. The fraction of sp³-hybridized carbons (Fsp3) is 0.368. The second-order valence-corrected chi connectivity index (χ2v) is 8.26. The fourth-order valence-electron chi connectivity index (χ4n) is 2.84. The molecular weight excluding hydrogens is 366 g/mol. The number of pyridine rings is 1. The molecule has 7 nitrogen and oxygen atoms in total. The second kappa shape index (κ2) is 8.60. The molecule has 2 aromatic rings. The molecule has 1 amide bonds. The third-order valence-corrected chi connectivity index (χ3v) is 6.35. The quantitative estimate of drug-likeness (QED) is 0.752. The van der Waals surface area contributed by atoms with Gasteiger partial charge in [-0.3, -0.25) is 4.79 Å². The van der Waals surface area contributed by atoms with Crippen LogP contribution < -0.4 is 9.88 Å². The Morgan fingerprint density at radius 1 is 1.11 bits per heavy atom. The van der Waals surface area contributed by atoms with E-state index in [-0.39, 0.29) is 17.3 Å². The molecule has 0 saturated carbocycles. The second-order valence-electron chi connectivity index (χ2n) is 6.32. The number of nitrogens with one attached hydrogen (secondary N) is 1. The number of anilines is 1. The van der Waals surface area contributed by atoms with Crippen LogP contribution in [0, 0.1) is 0 Å². The fourth-order valence-corrected chi connectivity index (χ4v) is 4.25. The lowest BCUT2D eigenvalue weighted by molar-refractivity contribution is -0.684. The van der Waals surface area contributed by atoms with Crippen LogP contribution in [0.4, 0.5) is 5.69 Å². The smallest absolute Gasteiger partial charge is 0.290 e. The van der Waals surface area contributed by atoms with Gasteiger partial charge < -0.3 is 10.1 Å². The molecule has 27 heavy (non-hydrogen) atoms. The van der Waals surface area contributed by atoms with Crippen molar-refractivity contribution in [2.75, 3.05) is 31.6 Å². The molecule has 3 rings (SSSR count). The van der Waals surface area contributed by atoms with Gasteiger partial charge in [0.05, 0.1) is 18.1 Å². The van der Waals surface area contributed by atoms with Crippen LogP contribution in [0.15, 0.2) is 53.7 Å². The van der Waals surface area contributed by atoms with Crippen LogP contribution >= 0.6 is 0 Å². The molecule has 144 valence electrons. The van der Waals surface area contributed by atoms with E-state index in [2.05, 4.69) is 12.2 Å². The Kier molecular flexibility index (Phi) is 6.20. The van der Waals surface area contributed by atoms with Crippen LogP contribution in [-0.2, 0) is 32.5 Å². The maximum absolute atomic E-state index is 12.6. The first-order chi connectivity index (χ1) is 13.0. The highest BCUT2D eigenvalue weighted by molar-refractivity contribution is 7.89. The third-order valence-electron chi connectivity index (χ3n) is 4.44. The van der Waals surface area contributed by atoms with Crippen LogP contribution in [0.3, 0.4) is 0 Å². The summed E-state index contributed by atoms with van der Waals surface area (Å²) in [5.41, 5.74) is 1.77. The topological polar surface area (TPSA) is 79.6 Å². The van der Waals surface area contributed by atoms with Gasteiger partial charge in [0.15, 0.2) is 12.4 Å². The van der Waals surface area contributed by atoms with Crippen molar-refractivity contribution in [3.63, 3.8) is 0 Å². The lowest BCUT2D eigenvalue weighted by atomic mass is 10.2. The molecule has 0 spiro atoms. The van der Waals surface area contributed by atoms with E-state index in [1.54, 1.807) is 16.7 Å². The standard InChI is InChI=1S/C19H23N3O4S/c1-2-16-7-9-21(10-8-16)15-19(23)20-17-3-5-18(6-4-17)27(24,25)22-11-13-26-14-12-22/h3-10H,2,11-15H2,1H3/p+1. The van der Waals surface area contributed by atoms with E-state index < -0.39 is 10.0 Å². The summed E-state index contributed by atoms with van der Waals surface area (Å²) in [5, 5.41) is 2.79. The molecule has 1 aliphatic heterocycles. The molecule has 8 heteroatoms. The molecule has 0 bridgehead atoms. The number of aryl methyl sites for hydroxylation is 1. The number of hydrogen-bond donors (Lipinski definition) is 1. The van der Waals surface area contributed by atoms with Gasteiger partial charge in [0, 0.05) is 30.9 Å². The Morgan fingerprint density at radius 2 is 1.74 bits per heavy atom. The molecule has 0 radical (unpaired) electrons. The normalized spacial score (nSPS) is 15.4. The summed E-state index contributed by atoms with van der Waals surface area (Å²) >= 11 is 0. The van der Waals surface area contributed by atoms with E-state index in [0.717, 1.165) is 6.42 Å². The molecule has 1 saturated heterocycles. The molecule has 1 aromatic carbocycles. The Hall–Kier alpha value is -2.29. The van der Waals surface area contributed by atoms with Gasteiger partial charge in [0.25, 0.3) is 5.91 Å².